The number of ether oxygens (including phenoxy) is 1. The lowest BCUT2D eigenvalue weighted by molar-refractivity contribution is -0.141. The van der Waals surface area contributed by atoms with Crippen LogP contribution in [0.15, 0.2) is 6.07 Å². The summed E-state index contributed by atoms with van der Waals surface area (Å²) in [7, 11) is 0. The third-order valence-electron chi connectivity index (χ3n) is 4.06. The van der Waals surface area contributed by atoms with Gasteiger partial charge in [0.05, 0.1) is 11.7 Å². The number of hydrogen-bond acceptors (Lipinski definition) is 5. The predicted molar refractivity (Wildman–Crippen MR) is 93.1 cm³/mol. The molecule has 0 bridgehead atoms. The summed E-state index contributed by atoms with van der Waals surface area (Å²) in [5.41, 5.74) is -0.372. The zero-order valence-electron chi connectivity index (χ0n) is 14.7. The first-order chi connectivity index (χ1) is 12.7. The second-order valence-electron chi connectivity index (χ2n) is 6.49. The fourth-order valence-corrected chi connectivity index (χ4v) is 4.17. The maximum absolute atomic E-state index is 12.7. The van der Waals surface area contributed by atoms with Crippen molar-refractivity contribution >= 4 is 28.2 Å². The molecule has 2 aromatic rings. The Kier molecular flexibility index (Phi) is 5.27. The number of alkyl halides is 3. The van der Waals surface area contributed by atoms with Crippen molar-refractivity contribution in [2.45, 2.75) is 51.8 Å². The van der Waals surface area contributed by atoms with Gasteiger partial charge in [-0.15, -0.1) is 11.3 Å². The van der Waals surface area contributed by atoms with E-state index in [1.165, 1.54) is 11.3 Å². The standard InChI is InChI=1S/C17H18F3N3O3S/c1-8(2)26-16(25)13-9-5-3-4-6-11(9)27-15(13)21-14(24)10-7-12(23-22-10)17(18,19)20/h7-8H,3-6H2,1-2H3,(H,21,24)(H,22,23). The second-order valence-corrected chi connectivity index (χ2v) is 7.59. The Morgan fingerprint density at radius 3 is 2.63 bits per heavy atom. The predicted octanol–water partition coefficient (Wildman–Crippen LogP) is 4.19. The van der Waals surface area contributed by atoms with Crippen molar-refractivity contribution in [3.8, 4) is 0 Å². The van der Waals surface area contributed by atoms with Gasteiger partial charge in [-0.1, -0.05) is 0 Å². The lowest BCUT2D eigenvalue weighted by Crippen LogP contribution is -2.18. The number of aromatic nitrogens is 2. The van der Waals surface area contributed by atoms with Gasteiger partial charge < -0.3 is 10.1 Å². The second kappa shape index (κ2) is 7.34. The first-order valence-corrected chi connectivity index (χ1v) is 9.28. The monoisotopic (exact) mass is 401 g/mol. The number of esters is 1. The number of aryl methyl sites for hydroxylation is 1. The van der Waals surface area contributed by atoms with Crippen LogP contribution in [0, 0.1) is 0 Å². The van der Waals surface area contributed by atoms with Crippen molar-refractivity contribution in [2.75, 3.05) is 5.32 Å². The lowest BCUT2D eigenvalue weighted by atomic mass is 9.95. The zero-order valence-corrected chi connectivity index (χ0v) is 15.5. The molecule has 0 saturated carbocycles. The van der Waals surface area contributed by atoms with Gasteiger partial charge in [0, 0.05) is 10.9 Å². The number of carbonyl (C=O) groups is 2. The molecule has 0 unspecified atom stereocenters. The van der Waals surface area contributed by atoms with E-state index in [1.54, 1.807) is 18.9 Å². The van der Waals surface area contributed by atoms with Gasteiger partial charge in [0.15, 0.2) is 5.69 Å². The molecule has 0 fully saturated rings. The van der Waals surface area contributed by atoms with Crippen molar-refractivity contribution in [3.63, 3.8) is 0 Å². The summed E-state index contributed by atoms with van der Waals surface area (Å²) < 4.78 is 43.3. The molecular formula is C17H18F3N3O3S. The third-order valence-corrected chi connectivity index (χ3v) is 5.27. The van der Waals surface area contributed by atoms with E-state index in [4.69, 9.17) is 4.74 Å². The highest BCUT2D eigenvalue weighted by atomic mass is 32.1. The van der Waals surface area contributed by atoms with E-state index >= 15 is 0 Å². The van der Waals surface area contributed by atoms with Crippen LogP contribution in [0.4, 0.5) is 18.2 Å². The lowest BCUT2D eigenvalue weighted by Gasteiger charge is -2.14. The number of nitrogens with zero attached hydrogens (tertiary/aromatic N) is 1. The molecule has 3 rings (SSSR count). The van der Waals surface area contributed by atoms with Gasteiger partial charge in [0.1, 0.15) is 10.7 Å². The van der Waals surface area contributed by atoms with Crippen LogP contribution in [-0.2, 0) is 23.8 Å². The maximum Gasteiger partial charge on any atom is 0.432 e. The maximum atomic E-state index is 12.7. The van der Waals surface area contributed by atoms with E-state index in [1.807, 2.05) is 0 Å². The number of carbonyl (C=O) groups excluding carboxylic acids is 2. The number of fused-ring (bicyclic) bond motifs is 1. The number of amides is 1. The summed E-state index contributed by atoms with van der Waals surface area (Å²) in [5, 5.41) is 8.03. The quantitative estimate of drug-likeness (QED) is 0.753. The van der Waals surface area contributed by atoms with Crippen LogP contribution >= 0.6 is 11.3 Å². The number of nitrogens with one attached hydrogen (secondary N) is 2. The summed E-state index contributed by atoms with van der Waals surface area (Å²) in [6.07, 6.45) is -1.56. The van der Waals surface area contributed by atoms with Crippen molar-refractivity contribution in [1.82, 2.24) is 10.2 Å². The van der Waals surface area contributed by atoms with E-state index in [0.29, 0.717) is 18.1 Å². The Morgan fingerprint density at radius 1 is 1.30 bits per heavy atom. The Balaban J connectivity index is 1.89. The van der Waals surface area contributed by atoms with Crippen molar-refractivity contribution in [3.05, 3.63) is 33.5 Å². The number of anilines is 1. The van der Waals surface area contributed by atoms with E-state index in [9.17, 15) is 22.8 Å². The summed E-state index contributed by atoms with van der Waals surface area (Å²) in [6.45, 7) is 3.44. The van der Waals surface area contributed by atoms with Crippen LogP contribution in [-0.4, -0.2) is 28.2 Å². The number of thiophene rings is 1. The number of rotatable bonds is 4. The molecule has 2 aromatic heterocycles. The first kappa shape index (κ1) is 19.4. The van der Waals surface area contributed by atoms with Crippen LogP contribution < -0.4 is 5.32 Å². The molecule has 27 heavy (non-hydrogen) atoms. The zero-order chi connectivity index (χ0) is 19.8. The van der Waals surface area contributed by atoms with Gasteiger partial charge in [-0.25, -0.2) is 4.79 Å². The topological polar surface area (TPSA) is 84.1 Å². The largest absolute Gasteiger partial charge is 0.459 e. The highest BCUT2D eigenvalue weighted by Crippen LogP contribution is 2.39. The molecular weight excluding hydrogens is 383 g/mol. The van der Waals surface area contributed by atoms with Crippen LogP contribution in [0.3, 0.4) is 0 Å². The molecule has 10 heteroatoms. The Labute approximate surface area is 157 Å². The van der Waals surface area contributed by atoms with Gasteiger partial charge in [-0.2, -0.15) is 18.3 Å². The normalized spacial score (nSPS) is 14.1. The minimum atomic E-state index is -4.63. The van der Waals surface area contributed by atoms with Crippen LogP contribution in [0.5, 0.6) is 0 Å². The average molecular weight is 401 g/mol. The number of aromatic amines is 1. The van der Waals surface area contributed by atoms with Crippen LogP contribution in [0.25, 0.3) is 0 Å². The highest BCUT2D eigenvalue weighted by molar-refractivity contribution is 7.17. The summed E-state index contributed by atoms with van der Waals surface area (Å²) >= 11 is 1.26. The van der Waals surface area contributed by atoms with Crippen molar-refractivity contribution in [1.29, 1.82) is 0 Å². The van der Waals surface area contributed by atoms with Crippen LogP contribution in [0.1, 0.15) is 63.7 Å². The number of halogens is 3. The molecule has 0 radical (unpaired) electrons. The molecule has 2 N–H and O–H groups in total. The third kappa shape index (κ3) is 4.15. The summed E-state index contributed by atoms with van der Waals surface area (Å²) in [6, 6.07) is 0.634. The summed E-state index contributed by atoms with van der Waals surface area (Å²) in [4.78, 5) is 25.9. The molecule has 0 aromatic carbocycles. The van der Waals surface area contributed by atoms with E-state index in [0.717, 1.165) is 29.7 Å². The summed E-state index contributed by atoms with van der Waals surface area (Å²) in [5.74, 6) is -1.36. The molecule has 2 heterocycles. The Bertz CT molecular complexity index is 871. The van der Waals surface area contributed by atoms with E-state index in [2.05, 4.69) is 10.4 Å². The SMILES string of the molecule is CC(C)OC(=O)c1c(NC(=O)c2cc(C(F)(F)F)[nH]n2)sc2c1CCCC2. The molecule has 1 aliphatic rings. The molecule has 0 aliphatic heterocycles. The smallest absolute Gasteiger partial charge is 0.432 e. The molecule has 0 saturated heterocycles. The van der Waals surface area contributed by atoms with Crippen molar-refractivity contribution in [2.24, 2.45) is 0 Å². The average Bonchev–Trinajstić information content (AvgIpc) is 3.18. The highest BCUT2D eigenvalue weighted by Gasteiger charge is 2.34. The van der Waals surface area contributed by atoms with Gasteiger partial charge in [-0.3, -0.25) is 9.89 Å². The molecule has 1 aliphatic carbocycles. The minimum Gasteiger partial charge on any atom is -0.459 e. The number of hydrogen-bond donors (Lipinski definition) is 2. The van der Waals surface area contributed by atoms with Gasteiger partial charge in [0.2, 0.25) is 0 Å². The van der Waals surface area contributed by atoms with Crippen LogP contribution in [0.2, 0.25) is 0 Å². The minimum absolute atomic E-state index is 0.286. The molecule has 0 atom stereocenters. The van der Waals surface area contributed by atoms with Crippen molar-refractivity contribution < 1.29 is 27.5 Å². The molecule has 0 spiro atoms. The molecule has 6 nitrogen and oxygen atoms in total. The van der Waals surface area contributed by atoms with E-state index < -0.39 is 29.4 Å². The first-order valence-electron chi connectivity index (χ1n) is 8.46. The van der Waals surface area contributed by atoms with Gasteiger partial charge in [-0.05, 0) is 45.1 Å². The number of H-pyrrole nitrogens is 1. The molecule has 146 valence electrons. The van der Waals surface area contributed by atoms with Gasteiger partial charge in [0.25, 0.3) is 5.91 Å². The Hall–Kier alpha value is -2.36. The van der Waals surface area contributed by atoms with Gasteiger partial charge >= 0.3 is 12.1 Å². The fraction of sp³-hybridized carbons (Fsp3) is 0.471. The molecule has 1 amide bonds. The Morgan fingerprint density at radius 2 is 2.00 bits per heavy atom. The van der Waals surface area contributed by atoms with E-state index in [-0.39, 0.29) is 11.1 Å². The fourth-order valence-electron chi connectivity index (χ4n) is 2.89.